The molecule has 0 spiro atoms. The maximum absolute atomic E-state index is 13.6. The van der Waals surface area contributed by atoms with E-state index in [1.807, 2.05) is 60.9 Å². The number of hydrogen-bond acceptors (Lipinski definition) is 4. The van der Waals surface area contributed by atoms with Crippen LogP contribution in [0.25, 0.3) is 27.6 Å². The monoisotopic (exact) mass is 374 g/mol. The molecule has 2 N–H and O–H groups in total. The van der Waals surface area contributed by atoms with E-state index in [1.54, 1.807) is 16.7 Å². The van der Waals surface area contributed by atoms with E-state index in [2.05, 4.69) is 0 Å². The van der Waals surface area contributed by atoms with Crippen LogP contribution in [0.5, 0.6) is 0 Å². The van der Waals surface area contributed by atoms with E-state index >= 15 is 0 Å². The Morgan fingerprint density at radius 1 is 1.00 bits per heavy atom. The van der Waals surface area contributed by atoms with Gasteiger partial charge in [-0.1, -0.05) is 44.2 Å². The lowest BCUT2D eigenvalue weighted by molar-refractivity contribution is 0.699. The molecule has 0 atom stereocenters. The van der Waals surface area contributed by atoms with Crippen LogP contribution in [0, 0.1) is 0 Å². The molecule has 0 radical (unpaired) electrons. The van der Waals surface area contributed by atoms with Crippen LogP contribution in [-0.4, -0.2) is 20.7 Å². The molecule has 2 aromatic heterocycles. The van der Waals surface area contributed by atoms with Crippen LogP contribution in [0.4, 0.5) is 0 Å². The van der Waals surface area contributed by atoms with Gasteiger partial charge in [0.2, 0.25) is 5.43 Å². The third kappa shape index (κ3) is 2.73. The molecule has 0 aliphatic carbocycles. The molecule has 0 saturated carbocycles. The second kappa shape index (κ2) is 7.05. The number of nitrogens with zero attached hydrogens (tertiary/aromatic N) is 3. The molecule has 2 heterocycles. The van der Waals surface area contributed by atoms with E-state index in [-0.39, 0.29) is 22.3 Å². The van der Waals surface area contributed by atoms with Crippen molar-refractivity contribution in [1.29, 1.82) is 0 Å². The average Bonchev–Trinajstić information content (AvgIpc) is 2.71. The van der Waals surface area contributed by atoms with Gasteiger partial charge in [-0.05, 0) is 24.3 Å². The quantitative estimate of drug-likeness (QED) is 0.557. The number of fused-ring (bicyclic) bond motifs is 2. The average molecular weight is 374 g/mol. The summed E-state index contributed by atoms with van der Waals surface area (Å²) in [6.45, 7) is 4.82. The van der Waals surface area contributed by atoms with Gasteiger partial charge in [-0.15, -0.1) is 0 Å². The van der Waals surface area contributed by atoms with E-state index in [4.69, 9.17) is 10.7 Å². The number of benzene rings is 2. The van der Waals surface area contributed by atoms with Crippen LogP contribution >= 0.6 is 0 Å². The maximum atomic E-state index is 13.6. The Morgan fingerprint density at radius 2 is 1.68 bits per heavy atom. The van der Waals surface area contributed by atoms with Crippen LogP contribution in [0.1, 0.15) is 25.6 Å². The zero-order chi connectivity index (χ0) is 19.8. The van der Waals surface area contributed by atoms with Gasteiger partial charge in [0, 0.05) is 24.4 Å². The molecule has 0 saturated heterocycles. The van der Waals surface area contributed by atoms with Crippen molar-refractivity contribution >= 4 is 21.9 Å². The van der Waals surface area contributed by atoms with Crippen molar-refractivity contribution in [2.24, 2.45) is 5.73 Å². The number of aromatic nitrogens is 3. The third-order valence-corrected chi connectivity index (χ3v) is 4.90. The summed E-state index contributed by atoms with van der Waals surface area (Å²) in [5.41, 5.74) is 7.02. The fraction of sp³-hybridized carbons (Fsp3) is 0.227. The second-order valence-electron chi connectivity index (χ2n) is 7.09. The lowest BCUT2D eigenvalue weighted by atomic mass is 10.1. The first kappa shape index (κ1) is 18.1. The predicted molar refractivity (Wildman–Crippen MR) is 112 cm³/mol. The molecular weight excluding hydrogens is 352 g/mol. The number of hydrogen-bond donors (Lipinski definition) is 1. The summed E-state index contributed by atoms with van der Waals surface area (Å²) in [5.74, 6) is 0.606. The first-order valence-electron chi connectivity index (χ1n) is 9.38. The Bertz CT molecular complexity index is 1290. The largest absolute Gasteiger partial charge is 0.329 e. The van der Waals surface area contributed by atoms with Crippen molar-refractivity contribution in [1.82, 2.24) is 14.1 Å². The van der Waals surface area contributed by atoms with Gasteiger partial charge in [0.1, 0.15) is 11.2 Å². The topological polar surface area (TPSA) is 82.9 Å². The van der Waals surface area contributed by atoms with Gasteiger partial charge in [0.25, 0.3) is 5.56 Å². The minimum Gasteiger partial charge on any atom is -0.329 e. The lowest BCUT2D eigenvalue weighted by Crippen LogP contribution is -2.31. The molecule has 6 heteroatoms. The Morgan fingerprint density at radius 3 is 2.36 bits per heavy atom. The van der Waals surface area contributed by atoms with Gasteiger partial charge >= 0.3 is 0 Å². The highest BCUT2D eigenvalue weighted by molar-refractivity contribution is 5.91. The van der Waals surface area contributed by atoms with Gasteiger partial charge in [-0.2, -0.15) is 0 Å². The zero-order valence-electron chi connectivity index (χ0n) is 15.9. The predicted octanol–water partition coefficient (Wildman–Crippen LogP) is 2.78. The van der Waals surface area contributed by atoms with Gasteiger partial charge in [-0.25, -0.2) is 4.98 Å². The zero-order valence-corrected chi connectivity index (χ0v) is 15.9. The third-order valence-electron chi connectivity index (χ3n) is 4.90. The fourth-order valence-electron chi connectivity index (χ4n) is 3.64. The molecule has 0 bridgehead atoms. The summed E-state index contributed by atoms with van der Waals surface area (Å²) in [6, 6.07) is 16.6. The molecule has 0 aliphatic rings. The Balaban J connectivity index is 2.26. The van der Waals surface area contributed by atoms with Crippen molar-refractivity contribution < 1.29 is 0 Å². The normalized spacial score (nSPS) is 11.6. The van der Waals surface area contributed by atoms with E-state index in [9.17, 15) is 9.59 Å². The number of nitrogens with two attached hydrogens (primary N) is 1. The molecule has 0 unspecified atom stereocenters. The highest BCUT2D eigenvalue weighted by Gasteiger charge is 2.21. The van der Waals surface area contributed by atoms with Crippen molar-refractivity contribution in [2.45, 2.75) is 26.3 Å². The van der Waals surface area contributed by atoms with Crippen molar-refractivity contribution in [3.63, 3.8) is 0 Å². The van der Waals surface area contributed by atoms with Crippen molar-refractivity contribution in [3.8, 4) is 5.69 Å². The smallest absolute Gasteiger partial charge is 0.271 e. The molecule has 4 aromatic rings. The SMILES string of the molecule is CC(C)c1nc2c(c(=O)c3ccccc3n2CCN)c(=O)n1-c1ccccc1. The summed E-state index contributed by atoms with van der Waals surface area (Å²) < 4.78 is 3.44. The summed E-state index contributed by atoms with van der Waals surface area (Å²) in [4.78, 5) is 31.6. The molecule has 0 fully saturated rings. The maximum Gasteiger partial charge on any atom is 0.271 e. The molecule has 2 aromatic carbocycles. The summed E-state index contributed by atoms with van der Waals surface area (Å²) in [7, 11) is 0. The second-order valence-corrected chi connectivity index (χ2v) is 7.09. The lowest BCUT2D eigenvalue weighted by Gasteiger charge is -2.19. The molecule has 0 aliphatic heterocycles. The van der Waals surface area contributed by atoms with Crippen LogP contribution < -0.4 is 16.7 Å². The minimum atomic E-state index is -0.346. The standard InChI is InChI=1S/C22H22N4O2/c1-14(2)20-24-21-18(22(28)26(20)15-8-4-3-5-9-15)19(27)16-10-6-7-11-17(16)25(21)13-12-23/h3-11,14H,12-13,23H2,1-2H3. The fourth-order valence-corrected chi connectivity index (χ4v) is 3.64. The summed E-state index contributed by atoms with van der Waals surface area (Å²) in [6.07, 6.45) is 0. The van der Waals surface area contributed by atoms with E-state index < -0.39 is 0 Å². The first-order chi connectivity index (χ1) is 13.5. The Kier molecular flexibility index (Phi) is 4.57. The van der Waals surface area contributed by atoms with Crippen molar-refractivity contribution in [2.75, 3.05) is 6.54 Å². The van der Waals surface area contributed by atoms with E-state index in [1.165, 1.54) is 0 Å². The molecular formula is C22H22N4O2. The van der Waals surface area contributed by atoms with Crippen LogP contribution in [-0.2, 0) is 6.54 Å². The van der Waals surface area contributed by atoms with E-state index in [0.29, 0.717) is 35.6 Å². The van der Waals surface area contributed by atoms with Gasteiger partial charge in [0.15, 0.2) is 5.65 Å². The van der Waals surface area contributed by atoms with Gasteiger partial charge in [0.05, 0.1) is 11.2 Å². The summed E-state index contributed by atoms with van der Waals surface area (Å²) >= 11 is 0. The molecule has 6 nitrogen and oxygen atoms in total. The van der Waals surface area contributed by atoms with Crippen LogP contribution in [0.15, 0.2) is 64.2 Å². The van der Waals surface area contributed by atoms with Crippen LogP contribution in [0.3, 0.4) is 0 Å². The first-order valence-corrected chi connectivity index (χ1v) is 9.38. The van der Waals surface area contributed by atoms with Gasteiger partial charge < -0.3 is 10.3 Å². The molecule has 0 amide bonds. The summed E-state index contributed by atoms with van der Waals surface area (Å²) in [5, 5.41) is 0.597. The minimum absolute atomic E-state index is 0.00907. The Hall–Kier alpha value is -3.25. The molecule has 28 heavy (non-hydrogen) atoms. The van der Waals surface area contributed by atoms with Crippen molar-refractivity contribution in [3.05, 3.63) is 81.0 Å². The van der Waals surface area contributed by atoms with Crippen LogP contribution in [0.2, 0.25) is 0 Å². The molecule has 4 rings (SSSR count). The number of para-hydroxylation sites is 2. The highest BCUT2D eigenvalue weighted by atomic mass is 16.1. The van der Waals surface area contributed by atoms with E-state index in [0.717, 1.165) is 5.52 Å². The highest BCUT2D eigenvalue weighted by Crippen LogP contribution is 2.21. The Labute approximate surface area is 161 Å². The number of rotatable bonds is 4. The molecule has 142 valence electrons. The van der Waals surface area contributed by atoms with Gasteiger partial charge in [-0.3, -0.25) is 14.2 Å². The number of pyridine rings is 1.